The van der Waals surface area contributed by atoms with Crippen molar-refractivity contribution in [3.63, 3.8) is 0 Å². The molecule has 0 aliphatic carbocycles. The number of nitrogen functional groups attached to an aromatic ring is 1. The summed E-state index contributed by atoms with van der Waals surface area (Å²) in [6.07, 6.45) is 0. The maximum atomic E-state index is 13.3. The van der Waals surface area contributed by atoms with Crippen molar-refractivity contribution in [2.75, 3.05) is 11.1 Å². The Bertz CT molecular complexity index is 577. The third-order valence-corrected chi connectivity index (χ3v) is 3.10. The summed E-state index contributed by atoms with van der Waals surface area (Å²) < 4.78 is 13.3. The van der Waals surface area contributed by atoms with E-state index in [1.54, 1.807) is 6.07 Å². The molecule has 0 heterocycles. The number of hydrogen-bond donors (Lipinski definition) is 2. The van der Waals surface area contributed by atoms with E-state index in [2.05, 4.69) is 5.32 Å². The molecule has 0 aliphatic heterocycles. The van der Waals surface area contributed by atoms with E-state index >= 15 is 0 Å². The minimum Gasteiger partial charge on any atom is -0.398 e. The van der Waals surface area contributed by atoms with E-state index in [0.29, 0.717) is 11.4 Å². The van der Waals surface area contributed by atoms with Gasteiger partial charge in [-0.25, -0.2) is 4.39 Å². The van der Waals surface area contributed by atoms with Crippen molar-refractivity contribution in [1.82, 2.24) is 0 Å². The van der Waals surface area contributed by atoms with Crippen LogP contribution in [-0.2, 0) is 0 Å². The number of anilines is 3. The van der Waals surface area contributed by atoms with Gasteiger partial charge in [-0.05, 0) is 36.8 Å². The fourth-order valence-electron chi connectivity index (χ4n) is 1.51. The summed E-state index contributed by atoms with van der Waals surface area (Å²) in [5, 5.41) is 3.02. The van der Waals surface area contributed by atoms with Crippen LogP contribution >= 0.6 is 23.2 Å². The second kappa shape index (κ2) is 5.04. The third kappa shape index (κ3) is 2.68. The third-order valence-electron chi connectivity index (χ3n) is 2.55. The molecule has 0 aromatic heterocycles. The van der Waals surface area contributed by atoms with Crippen LogP contribution in [0.15, 0.2) is 30.3 Å². The highest BCUT2D eigenvalue weighted by molar-refractivity contribution is 6.35. The Morgan fingerprint density at radius 1 is 1.06 bits per heavy atom. The molecule has 2 aromatic rings. The van der Waals surface area contributed by atoms with Gasteiger partial charge in [0.25, 0.3) is 0 Å². The van der Waals surface area contributed by atoms with Crippen LogP contribution in [0.25, 0.3) is 0 Å². The number of halogens is 3. The second-order valence-electron chi connectivity index (χ2n) is 3.95. The number of nitrogens with two attached hydrogens (primary N) is 1. The van der Waals surface area contributed by atoms with E-state index in [9.17, 15) is 4.39 Å². The zero-order valence-electron chi connectivity index (χ0n) is 9.60. The summed E-state index contributed by atoms with van der Waals surface area (Å²) in [6.45, 7) is 1.92. The molecular formula is C13H11Cl2FN2. The molecule has 0 amide bonds. The first-order chi connectivity index (χ1) is 8.47. The van der Waals surface area contributed by atoms with Gasteiger partial charge in [0.05, 0.1) is 10.0 Å². The number of hydrogen-bond acceptors (Lipinski definition) is 2. The summed E-state index contributed by atoms with van der Waals surface area (Å²) in [4.78, 5) is 0. The lowest BCUT2D eigenvalue weighted by Crippen LogP contribution is -1.95. The van der Waals surface area contributed by atoms with E-state index < -0.39 is 5.82 Å². The lowest BCUT2D eigenvalue weighted by Gasteiger charge is -2.10. The smallest absolute Gasteiger partial charge is 0.160 e. The van der Waals surface area contributed by atoms with E-state index in [-0.39, 0.29) is 10.0 Å². The molecule has 0 saturated heterocycles. The quantitative estimate of drug-likeness (QED) is 0.616. The van der Waals surface area contributed by atoms with Gasteiger partial charge in [-0.15, -0.1) is 0 Å². The minimum absolute atomic E-state index is 0.0231. The average Bonchev–Trinajstić information content (AvgIpc) is 2.31. The molecule has 5 heteroatoms. The molecule has 0 fully saturated rings. The maximum absolute atomic E-state index is 13.3. The van der Waals surface area contributed by atoms with Crippen molar-refractivity contribution >= 4 is 40.3 Å². The van der Waals surface area contributed by atoms with Crippen LogP contribution in [0.3, 0.4) is 0 Å². The Labute approximate surface area is 115 Å². The summed E-state index contributed by atoms with van der Waals surface area (Å²) in [7, 11) is 0. The molecule has 0 radical (unpaired) electrons. The first kappa shape index (κ1) is 13.0. The van der Waals surface area contributed by atoms with Gasteiger partial charge in [0, 0.05) is 17.1 Å². The van der Waals surface area contributed by atoms with Crippen molar-refractivity contribution in [2.24, 2.45) is 0 Å². The first-order valence-corrected chi connectivity index (χ1v) is 6.00. The topological polar surface area (TPSA) is 38.0 Å². The molecule has 0 saturated carbocycles. The SMILES string of the molecule is Cc1ccc(Nc2cc(Cl)c(F)c(Cl)c2)cc1N. The van der Waals surface area contributed by atoms with E-state index in [4.69, 9.17) is 28.9 Å². The summed E-state index contributed by atoms with van der Waals surface area (Å²) in [5.74, 6) is -0.618. The van der Waals surface area contributed by atoms with Crippen LogP contribution in [0.1, 0.15) is 5.56 Å². The largest absolute Gasteiger partial charge is 0.398 e. The second-order valence-corrected chi connectivity index (χ2v) is 4.76. The van der Waals surface area contributed by atoms with Crippen molar-refractivity contribution in [3.05, 3.63) is 51.8 Å². The van der Waals surface area contributed by atoms with Gasteiger partial charge < -0.3 is 11.1 Å². The van der Waals surface area contributed by atoms with Gasteiger partial charge in [0.15, 0.2) is 5.82 Å². The minimum atomic E-state index is -0.618. The Morgan fingerprint density at radius 2 is 1.67 bits per heavy atom. The van der Waals surface area contributed by atoms with E-state index in [1.165, 1.54) is 12.1 Å². The fourth-order valence-corrected chi connectivity index (χ4v) is 2.00. The Balaban J connectivity index is 2.31. The molecule has 0 aliphatic rings. The maximum Gasteiger partial charge on any atom is 0.160 e. The molecular weight excluding hydrogens is 274 g/mol. The van der Waals surface area contributed by atoms with Crippen molar-refractivity contribution < 1.29 is 4.39 Å². The Kier molecular flexibility index (Phi) is 3.64. The van der Waals surface area contributed by atoms with Crippen LogP contribution in [0.2, 0.25) is 10.0 Å². The zero-order valence-corrected chi connectivity index (χ0v) is 11.1. The number of nitrogens with one attached hydrogen (secondary N) is 1. The number of aryl methyl sites for hydroxylation is 1. The zero-order chi connectivity index (χ0) is 13.3. The molecule has 0 atom stereocenters. The lowest BCUT2D eigenvalue weighted by molar-refractivity contribution is 0.629. The fraction of sp³-hybridized carbons (Fsp3) is 0.0769. The van der Waals surface area contributed by atoms with Crippen LogP contribution in [0.5, 0.6) is 0 Å². The monoisotopic (exact) mass is 284 g/mol. The van der Waals surface area contributed by atoms with E-state index in [0.717, 1.165) is 11.3 Å². The molecule has 2 aromatic carbocycles. The average molecular weight is 285 g/mol. The van der Waals surface area contributed by atoms with Crippen LogP contribution in [0, 0.1) is 12.7 Å². The van der Waals surface area contributed by atoms with E-state index in [1.807, 2.05) is 19.1 Å². The molecule has 2 nitrogen and oxygen atoms in total. The van der Waals surface area contributed by atoms with Crippen molar-refractivity contribution in [1.29, 1.82) is 0 Å². The van der Waals surface area contributed by atoms with Crippen LogP contribution < -0.4 is 11.1 Å². The van der Waals surface area contributed by atoms with Gasteiger partial charge in [-0.1, -0.05) is 29.3 Å². The summed E-state index contributed by atoms with van der Waals surface area (Å²) in [6, 6.07) is 8.50. The van der Waals surface area contributed by atoms with Crippen molar-refractivity contribution in [2.45, 2.75) is 6.92 Å². The normalized spacial score (nSPS) is 10.4. The standard InChI is InChI=1S/C13H11Cl2FN2/c1-7-2-3-8(6-12(7)17)18-9-4-10(14)13(16)11(15)5-9/h2-6,18H,17H2,1H3. The van der Waals surface area contributed by atoms with Crippen molar-refractivity contribution in [3.8, 4) is 0 Å². The number of rotatable bonds is 2. The van der Waals surface area contributed by atoms with Crippen LogP contribution in [-0.4, -0.2) is 0 Å². The summed E-state index contributed by atoms with van der Waals surface area (Å²) in [5.41, 5.74) is 8.88. The van der Waals surface area contributed by atoms with Gasteiger partial charge >= 0.3 is 0 Å². The highest BCUT2D eigenvalue weighted by Gasteiger charge is 2.07. The highest BCUT2D eigenvalue weighted by Crippen LogP contribution is 2.29. The predicted molar refractivity (Wildman–Crippen MR) is 75.3 cm³/mol. The Morgan fingerprint density at radius 3 is 2.22 bits per heavy atom. The van der Waals surface area contributed by atoms with Gasteiger partial charge in [0.1, 0.15) is 0 Å². The lowest BCUT2D eigenvalue weighted by atomic mass is 10.2. The molecule has 0 bridgehead atoms. The molecule has 0 spiro atoms. The van der Waals surface area contributed by atoms with Gasteiger partial charge in [-0.3, -0.25) is 0 Å². The van der Waals surface area contributed by atoms with Gasteiger partial charge in [-0.2, -0.15) is 0 Å². The first-order valence-electron chi connectivity index (χ1n) is 5.25. The predicted octanol–water partition coefficient (Wildman–Crippen LogP) is 4.77. The summed E-state index contributed by atoms with van der Waals surface area (Å²) >= 11 is 11.4. The number of benzene rings is 2. The molecule has 0 unspecified atom stereocenters. The molecule has 3 N–H and O–H groups in total. The molecule has 2 rings (SSSR count). The Hall–Kier alpha value is -1.45. The van der Waals surface area contributed by atoms with Crippen LogP contribution in [0.4, 0.5) is 21.5 Å². The molecule has 94 valence electrons. The molecule has 18 heavy (non-hydrogen) atoms. The highest BCUT2D eigenvalue weighted by atomic mass is 35.5. The van der Waals surface area contributed by atoms with Gasteiger partial charge in [0.2, 0.25) is 0 Å².